The second kappa shape index (κ2) is 7.23. The predicted octanol–water partition coefficient (Wildman–Crippen LogP) is 3.54. The number of piperazine rings is 1. The minimum absolute atomic E-state index is 1.01. The Kier molecular flexibility index (Phi) is 5.08. The van der Waals surface area contributed by atoms with E-state index in [1.54, 1.807) is 11.8 Å². The molecule has 4 nitrogen and oxygen atoms in total. The van der Waals surface area contributed by atoms with Gasteiger partial charge in [0.05, 0.1) is 16.4 Å². The Labute approximate surface area is 143 Å². The summed E-state index contributed by atoms with van der Waals surface area (Å²) in [5.74, 6) is 1.08. The van der Waals surface area contributed by atoms with E-state index < -0.39 is 0 Å². The van der Waals surface area contributed by atoms with Gasteiger partial charge in [0.2, 0.25) is 0 Å². The highest BCUT2D eigenvalue weighted by Gasteiger charge is 2.24. The molecule has 1 saturated heterocycles. The van der Waals surface area contributed by atoms with Crippen molar-refractivity contribution < 1.29 is 0 Å². The predicted molar refractivity (Wildman–Crippen MR) is 102 cm³/mol. The number of nitrogens with zero attached hydrogens (tertiary/aromatic N) is 3. The molecule has 0 bridgehead atoms. The minimum atomic E-state index is 1.01. The Balaban J connectivity index is 2.08. The van der Waals surface area contributed by atoms with Crippen molar-refractivity contribution in [2.24, 2.45) is 4.99 Å². The van der Waals surface area contributed by atoms with Gasteiger partial charge in [-0.05, 0) is 32.4 Å². The first-order valence-electron chi connectivity index (χ1n) is 8.02. The number of hydrogen-bond acceptors (Lipinski definition) is 5. The topological polar surface area (TPSA) is 30.9 Å². The van der Waals surface area contributed by atoms with E-state index in [4.69, 9.17) is 4.99 Å². The molecule has 1 fully saturated rings. The first-order valence-corrected chi connectivity index (χ1v) is 9.25. The third-order valence-corrected chi connectivity index (χ3v) is 4.93. The number of para-hydroxylation sites is 2. The Morgan fingerprint density at radius 3 is 2.61 bits per heavy atom. The fourth-order valence-electron chi connectivity index (χ4n) is 2.88. The van der Waals surface area contributed by atoms with Gasteiger partial charge < -0.3 is 15.1 Å². The summed E-state index contributed by atoms with van der Waals surface area (Å²) in [6.07, 6.45) is 6.37. The lowest BCUT2D eigenvalue weighted by Gasteiger charge is -2.35. The molecular formula is C18H24N4S. The number of amidine groups is 1. The molecule has 2 heterocycles. The van der Waals surface area contributed by atoms with Crippen molar-refractivity contribution in [3.05, 3.63) is 47.0 Å². The number of likely N-dealkylation sites (N-methyl/N-ethyl adjacent to an activating group) is 1. The molecule has 5 heteroatoms. The lowest BCUT2D eigenvalue weighted by molar-refractivity contribution is 0.216. The van der Waals surface area contributed by atoms with E-state index in [0.717, 1.165) is 48.4 Å². The van der Waals surface area contributed by atoms with Gasteiger partial charge in [-0.1, -0.05) is 24.3 Å². The molecule has 0 aliphatic carbocycles. The number of anilines is 1. The van der Waals surface area contributed by atoms with Gasteiger partial charge in [-0.15, -0.1) is 11.8 Å². The van der Waals surface area contributed by atoms with Crippen LogP contribution in [0.2, 0.25) is 0 Å². The molecule has 0 radical (unpaired) electrons. The van der Waals surface area contributed by atoms with Crippen LogP contribution < -0.4 is 5.32 Å². The molecule has 0 amide bonds. The summed E-state index contributed by atoms with van der Waals surface area (Å²) < 4.78 is 0. The van der Waals surface area contributed by atoms with Crippen LogP contribution in [0.5, 0.6) is 0 Å². The first kappa shape index (κ1) is 16.1. The van der Waals surface area contributed by atoms with Gasteiger partial charge in [0.15, 0.2) is 0 Å². The molecule has 2 aliphatic rings. The Morgan fingerprint density at radius 2 is 1.91 bits per heavy atom. The molecular weight excluding hydrogens is 304 g/mol. The average Bonchev–Trinajstić information content (AvgIpc) is 2.73. The van der Waals surface area contributed by atoms with Crippen molar-refractivity contribution in [2.75, 3.05) is 44.8 Å². The minimum Gasteiger partial charge on any atom is -0.353 e. The Morgan fingerprint density at radius 1 is 1.17 bits per heavy atom. The monoisotopic (exact) mass is 328 g/mol. The third kappa shape index (κ3) is 3.46. The molecule has 1 N–H and O–H groups in total. The van der Waals surface area contributed by atoms with Crippen molar-refractivity contribution in [3.63, 3.8) is 0 Å². The molecule has 3 rings (SSSR count). The molecule has 0 atom stereocenters. The van der Waals surface area contributed by atoms with Crippen molar-refractivity contribution >= 4 is 29.0 Å². The van der Waals surface area contributed by atoms with E-state index in [9.17, 15) is 0 Å². The van der Waals surface area contributed by atoms with E-state index in [2.05, 4.69) is 65.7 Å². The second-order valence-electron chi connectivity index (χ2n) is 5.81. The summed E-state index contributed by atoms with van der Waals surface area (Å²) in [5.41, 5.74) is 3.26. The number of rotatable bonds is 2. The highest BCUT2D eigenvalue weighted by Crippen LogP contribution is 2.34. The Bertz CT molecular complexity index is 655. The molecule has 2 aliphatic heterocycles. The van der Waals surface area contributed by atoms with Crippen molar-refractivity contribution in [2.45, 2.75) is 6.92 Å². The van der Waals surface area contributed by atoms with Gasteiger partial charge in [-0.25, -0.2) is 4.99 Å². The van der Waals surface area contributed by atoms with Crippen molar-refractivity contribution in [3.8, 4) is 0 Å². The van der Waals surface area contributed by atoms with Crippen molar-refractivity contribution in [1.29, 1.82) is 0 Å². The number of allylic oxidation sites excluding steroid dienone is 1. The molecule has 23 heavy (non-hydrogen) atoms. The van der Waals surface area contributed by atoms with E-state index >= 15 is 0 Å². The fraction of sp³-hybridized carbons (Fsp3) is 0.389. The standard InChI is InChI=1S/C18H24N4S/c1-4-7-14-17(22-12-10-21(2)11-13-22)19-15-8-5-6-9-16(15)20-18(14)23-3/h4-9,20H,10-13H2,1-3H3/b7-4+. The van der Waals surface area contributed by atoms with Crippen LogP contribution in [0.15, 0.2) is 52.0 Å². The van der Waals surface area contributed by atoms with E-state index in [1.807, 2.05) is 6.07 Å². The number of fused-ring (bicyclic) bond motifs is 1. The zero-order chi connectivity index (χ0) is 16.2. The van der Waals surface area contributed by atoms with E-state index in [0.29, 0.717) is 0 Å². The van der Waals surface area contributed by atoms with Gasteiger partial charge in [0.1, 0.15) is 5.84 Å². The molecule has 0 aromatic heterocycles. The van der Waals surface area contributed by atoms with Gasteiger partial charge in [-0.2, -0.15) is 0 Å². The van der Waals surface area contributed by atoms with Crippen LogP contribution in [0.4, 0.5) is 11.4 Å². The van der Waals surface area contributed by atoms with Gasteiger partial charge in [0, 0.05) is 31.8 Å². The zero-order valence-corrected chi connectivity index (χ0v) is 14.9. The SMILES string of the molecule is C/C=C/C1=C(SC)Nc2ccccc2N=C1N1CCN(C)CC1. The maximum absolute atomic E-state index is 5.03. The lowest BCUT2D eigenvalue weighted by Crippen LogP contribution is -2.47. The lowest BCUT2D eigenvalue weighted by atomic mass is 10.2. The molecule has 0 saturated carbocycles. The number of nitrogens with one attached hydrogen (secondary N) is 1. The van der Waals surface area contributed by atoms with Crippen LogP contribution in [0.25, 0.3) is 0 Å². The Hall–Kier alpha value is -1.72. The molecule has 0 unspecified atom stereocenters. The summed E-state index contributed by atoms with van der Waals surface area (Å²) in [6, 6.07) is 8.27. The highest BCUT2D eigenvalue weighted by atomic mass is 32.2. The van der Waals surface area contributed by atoms with Gasteiger partial charge in [0.25, 0.3) is 0 Å². The number of thioether (sulfide) groups is 1. The largest absolute Gasteiger partial charge is 0.353 e. The maximum Gasteiger partial charge on any atom is 0.139 e. The number of hydrogen-bond donors (Lipinski definition) is 1. The average molecular weight is 328 g/mol. The van der Waals surface area contributed by atoms with E-state index in [1.165, 1.54) is 5.57 Å². The highest BCUT2D eigenvalue weighted by molar-refractivity contribution is 8.02. The van der Waals surface area contributed by atoms with Crippen LogP contribution in [0.3, 0.4) is 0 Å². The van der Waals surface area contributed by atoms with Crippen LogP contribution in [-0.4, -0.2) is 55.1 Å². The van der Waals surface area contributed by atoms with Crippen LogP contribution >= 0.6 is 11.8 Å². The summed E-state index contributed by atoms with van der Waals surface area (Å²) in [4.78, 5) is 9.81. The summed E-state index contributed by atoms with van der Waals surface area (Å²) in [7, 11) is 2.18. The molecule has 1 aromatic carbocycles. The normalized spacial score (nSPS) is 19.4. The van der Waals surface area contributed by atoms with Gasteiger partial charge in [-0.3, -0.25) is 0 Å². The molecule has 122 valence electrons. The summed E-state index contributed by atoms with van der Waals surface area (Å²) in [6.45, 7) is 6.24. The van der Waals surface area contributed by atoms with Gasteiger partial charge >= 0.3 is 0 Å². The zero-order valence-electron chi connectivity index (χ0n) is 14.0. The number of benzene rings is 1. The maximum atomic E-state index is 5.03. The first-order chi connectivity index (χ1) is 11.2. The van der Waals surface area contributed by atoms with Crippen molar-refractivity contribution in [1.82, 2.24) is 9.80 Å². The van der Waals surface area contributed by atoms with E-state index in [-0.39, 0.29) is 0 Å². The summed E-state index contributed by atoms with van der Waals surface area (Å²) >= 11 is 1.74. The second-order valence-corrected chi connectivity index (χ2v) is 6.63. The van der Waals surface area contributed by atoms with Crippen LogP contribution in [0, 0.1) is 0 Å². The van der Waals surface area contributed by atoms with Crippen LogP contribution in [0.1, 0.15) is 6.92 Å². The quantitative estimate of drug-likeness (QED) is 0.900. The fourth-order valence-corrected chi connectivity index (χ4v) is 3.47. The summed E-state index contributed by atoms with van der Waals surface area (Å²) in [5, 5.41) is 4.72. The third-order valence-electron chi connectivity index (χ3n) is 4.20. The molecule has 0 spiro atoms. The smallest absolute Gasteiger partial charge is 0.139 e. The van der Waals surface area contributed by atoms with Crippen LogP contribution in [-0.2, 0) is 0 Å². The molecule has 1 aromatic rings. The number of aliphatic imine (C=N–C) groups is 1.